The van der Waals surface area contributed by atoms with Crippen LogP contribution in [-0.4, -0.2) is 29.8 Å². The number of aryl methyl sites for hydroxylation is 1. The third-order valence-corrected chi connectivity index (χ3v) is 2.52. The first-order valence-electron chi connectivity index (χ1n) is 6.40. The van der Waals surface area contributed by atoms with Gasteiger partial charge in [0, 0.05) is 33.0 Å². The number of rotatable bonds is 8. The molecule has 0 fully saturated rings. The second-order valence-corrected chi connectivity index (χ2v) is 4.88. The molecule has 4 heteroatoms. The lowest BCUT2D eigenvalue weighted by molar-refractivity contribution is 0.193. The number of hydrogen-bond donors (Lipinski definition) is 1. The third-order valence-electron chi connectivity index (χ3n) is 2.52. The van der Waals surface area contributed by atoms with E-state index in [1.807, 2.05) is 6.92 Å². The minimum Gasteiger partial charge on any atom is -0.385 e. The smallest absolute Gasteiger partial charge is 0.203 e. The van der Waals surface area contributed by atoms with Crippen LogP contribution in [-0.2, 0) is 11.3 Å². The number of methoxy groups -OCH3 is 1. The number of unbranched alkanes of at least 4 members (excludes halogenated alkanes) is 1. The molecule has 0 aliphatic carbocycles. The highest BCUT2D eigenvalue weighted by atomic mass is 16.5. The fraction of sp³-hybridized carbons (Fsp3) is 0.769. The summed E-state index contributed by atoms with van der Waals surface area (Å²) < 4.78 is 7.23. The van der Waals surface area contributed by atoms with Gasteiger partial charge in [-0.2, -0.15) is 0 Å². The van der Waals surface area contributed by atoms with Crippen LogP contribution in [0.3, 0.4) is 0 Å². The maximum Gasteiger partial charge on any atom is 0.203 e. The predicted molar refractivity (Wildman–Crippen MR) is 71.4 cm³/mol. The third kappa shape index (κ3) is 5.22. The Balaban J connectivity index is 2.40. The van der Waals surface area contributed by atoms with Crippen LogP contribution in [0.1, 0.15) is 32.4 Å². The molecule has 0 unspecified atom stereocenters. The molecule has 0 aliphatic rings. The van der Waals surface area contributed by atoms with Crippen LogP contribution in [0.2, 0.25) is 0 Å². The Morgan fingerprint density at radius 1 is 1.41 bits per heavy atom. The molecule has 1 heterocycles. The van der Waals surface area contributed by atoms with Gasteiger partial charge in [0.2, 0.25) is 5.95 Å². The van der Waals surface area contributed by atoms with Crippen molar-refractivity contribution >= 4 is 5.95 Å². The van der Waals surface area contributed by atoms with Crippen LogP contribution in [0.5, 0.6) is 0 Å². The first-order chi connectivity index (χ1) is 8.13. The van der Waals surface area contributed by atoms with E-state index in [1.54, 1.807) is 7.11 Å². The summed E-state index contributed by atoms with van der Waals surface area (Å²) >= 11 is 0. The van der Waals surface area contributed by atoms with Gasteiger partial charge < -0.3 is 14.6 Å². The Morgan fingerprint density at radius 3 is 2.82 bits per heavy atom. The van der Waals surface area contributed by atoms with E-state index < -0.39 is 0 Å². The number of anilines is 1. The fourth-order valence-corrected chi connectivity index (χ4v) is 1.79. The first kappa shape index (κ1) is 14.0. The van der Waals surface area contributed by atoms with Crippen molar-refractivity contribution < 1.29 is 4.74 Å². The molecule has 0 aromatic carbocycles. The Hall–Kier alpha value is -1.03. The zero-order valence-corrected chi connectivity index (χ0v) is 11.5. The molecule has 17 heavy (non-hydrogen) atoms. The number of ether oxygens (including phenoxy) is 1. The van der Waals surface area contributed by atoms with Crippen molar-refractivity contribution in [3.63, 3.8) is 0 Å². The summed E-state index contributed by atoms with van der Waals surface area (Å²) in [7, 11) is 1.74. The van der Waals surface area contributed by atoms with Crippen molar-refractivity contribution in [2.45, 2.75) is 40.2 Å². The molecule has 0 aliphatic heterocycles. The predicted octanol–water partition coefficient (Wildman–Crippen LogP) is 2.69. The molecule has 0 spiro atoms. The fourth-order valence-electron chi connectivity index (χ4n) is 1.79. The second kappa shape index (κ2) is 7.33. The van der Waals surface area contributed by atoms with Crippen LogP contribution < -0.4 is 5.32 Å². The lowest BCUT2D eigenvalue weighted by atomic mass is 10.2. The van der Waals surface area contributed by atoms with Gasteiger partial charge in [0.05, 0.1) is 5.69 Å². The molecule has 1 rings (SSSR count). The molecule has 98 valence electrons. The van der Waals surface area contributed by atoms with Gasteiger partial charge in [-0.25, -0.2) is 4.98 Å². The number of imidazole rings is 1. The average molecular weight is 239 g/mol. The monoisotopic (exact) mass is 239 g/mol. The quantitative estimate of drug-likeness (QED) is 0.709. The molecule has 0 saturated heterocycles. The lowest BCUT2D eigenvalue weighted by Gasteiger charge is -2.11. The molecule has 0 atom stereocenters. The lowest BCUT2D eigenvalue weighted by Crippen LogP contribution is -2.11. The van der Waals surface area contributed by atoms with E-state index in [0.29, 0.717) is 5.92 Å². The minimum atomic E-state index is 0.637. The topological polar surface area (TPSA) is 39.1 Å². The van der Waals surface area contributed by atoms with Crippen molar-refractivity contribution in [2.24, 2.45) is 5.92 Å². The maximum atomic E-state index is 5.03. The highest BCUT2D eigenvalue weighted by Crippen LogP contribution is 2.11. The van der Waals surface area contributed by atoms with Gasteiger partial charge in [0.25, 0.3) is 0 Å². The molecule has 1 N–H and O–H groups in total. The molecular formula is C13H25N3O. The van der Waals surface area contributed by atoms with Crippen LogP contribution in [0.4, 0.5) is 5.95 Å². The van der Waals surface area contributed by atoms with Gasteiger partial charge in [-0.1, -0.05) is 13.8 Å². The summed E-state index contributed by atoms with van der Waals surface area (Å²) in [5.41, 5.74) is 1.07. The van der Waals surface area contributed by atoms with Crippen molar-refractivity contribution in [1.82, 2.24) is 9.55 Å². The van der Waals surface area contributed by atoms with E-state index in [9.17, 15) is 0 Å². The summed E-state index contributed by atoms with van der Waals surface area (Å²) in [5.74, 6) is 1.63. The van der Waals surface area contributed by atoms with Crippen molar-refractivity contribution in [3.05, 3.63) is 11.9 Å². The van der Waals surface area contributed by atoms with E-state index in [4.69, 9.17) is 4.74 Å². The van der Waals surface area contributed by atoms with Crippen molar-refractivity contribution in [3.8, 4) is 0 Å². The van der Waals surface area contributed by atoms with Gasteiger partial charge in [-0.05, 0) is 25.7 Å². The Kier molecular flexibility index (Phi) is 6.05. The standard InChI is InChI=1S/C13H25N3O/c1-11(2)9-16-10-12(3)15-13(16)14-7-5-6-8-17-4/h10-11H,5-9H2,1-4H3,(H,14,15). The van der Waals surface area contributed by atoms with E-state index in [0.717, 1.165) is 44.2 Å². The normalized spacial score (nSPS) is 11.1. The van der Waals surface area contributed by atoms with Crippen LogP contribution in [0.15, 0.2) is 6.20 Å². The van der Waals surface area contributed by atoms with Crippen LogP contribution in [0, 0.1) is 12.8 Å². The van der Waals surface area contributed by atoms with Crippen LogP contribution in [0.25, 0.3) is 0 Å². The largest absolute Gasteiger partial charge is 0.385 e. The SMILES string of the molecule is COCCCCNc1nc(C)cn1CC(C)C. The zero-order chi connectivity index (χ0) is 12.7. The van der Waals surface area contributed by atoms with E-state index in [2.05, 4.69) is 34.9 Å². The molecule has 0 radical (unpaired) electrons. The number of nitrogens with zero attached hydrogens (tertiary/aromatic N) is 2. The van der Waals surface area contributed by atoms with E-state index >= 15 is 0 Å². The Morgan fingerprint density at radius 2 is 2.18 bits per heavy atom. The molecule has 4 nitrogen and oxygen atoms in total. The number of hydrogen-bond acceptors (Lipinski definition) is 3. The van der Waals surface area contributed by atoms with Gasteiger partial charge in [-0.15, -0.1) is 0 Å². The summed E-state index contributed by atoms with van der Waals surface area (Å²) in [6, 6.07) is 0. The first-order valence-corrected chi connectivity index (χ1v) is 6.40. The van der Waals surface area contributed by atoms with Crippen molar-refractivity contribution in [1.29, 1.82) is 0 Å². The summed E-state index contributed by atoms with van der Waals surface area (Å²) in [5, 5.41) is 3.39. The molecule has 0 saturated carbocycles. The second-order valence-electron chi connectivity index (χ2n) is 4.88. The molecule has 1 aromatic rings. The average Bonchev–Trinajstić information content (AvgIpc) is 2.58. The number of aromatic nitrogens is 2. The van der Waals surface area contributed by atoms with E-state index in [1.165, 1.54) is 0 Å². The minimum absolute atomic E-state index is 0.637. The highest BCUT2D eigenvalue weighted by molar-refractivity contribution is 5.28. The highest BCUT2D eigenvalue weighted by Gasteiger charge is 2.06. The van der Waals surface area contributed by atoms with Crippen LogP contribution >= 0.6 is 0 Å². The number of nitrogens with one attached hydrogen (secondary N) is 1. The summed E-state index contributed by atoms with van der Waals surface area (Å²) in [6.07, 6.45) is 4.31. The Bertz CT molecular complexity index is 320. The summed E-state index contributed by atoms with van der Waals surface area (Å²) in [6.45, 7) is 9.28. The van der Waals surface area contributed by atoms with Gasteiger partial charge in [0.1, 0.15) is 0 Å². The molecular weight excluding hydrogens is 214 g/mol. The zero-order valence-electron chi connectivity index (χ0n) is 11.5. The van der Waals surface area contributed by atoms with Gasteiger partial charge >= 0.3 is 0 Å². The van der Waals surface area contributed by atoms with Gasteiger partial charge in [-0.3, -0.25) is 0 Å². The summed E-state index contributed by atoms with van der Waals surface area (Å²) in [4.78, 5) is 4.50. The van der Waals surface area contributed by atoms with Gasteiger partial charge in [0.15, 0.2) is 0 Å². The maximum absolute atomic E-state index is 5.03. The van der Waals surface area contributed by atoms with Crippen molar-refractivity contribution in [2.75, 3.05) is 25.6 Å². The Labute approximate surface area is 104 Å². The van der Waals surface area contributed by atoms with E-state index in [-0.39, 0.29) is 0 Å². The molecule has 0 amide bonds. The molecule has 1 aromatic heterocycles. The molecule has 0 bridgehead atoms.